The van der Waals surface area contributed by atoms with E-state index in [4.69, 9.17) is 9.47 Å². The standard InChI is InChI=1S/C20H23F2N3O5/c1-29-9-10-7-24(4-3-23-10)17-14(22)5-11-16(19(17)30-2)25(15-6-13(15)21)8-12(18(11)26)20(27)28/h5,8,10,13,15,23H,3-4,6-7,9H2,1-2H3,(H,27,28). The van der Waals surface area contributed by atoms with Gasteiger partial charge in [-0.3, -0.25) is 4.79 Å². The number of ether oxygens (including phenoxy) is 2. The van der Waals surface area contributed by atoms with Crippen molar-refractivity contribution in [3.05, 3.63) is 33.9 Å². The number of alkyl halides is 1. The molecule has 162 valence electrons. The van der Waals surface area contributed by atoms with Crippen LogP contribution in [0.1, 0.15) is 22.8 Å². The molecule has 1 aromatic carbocycles. The summed E-state index contributed by atoms with van der Waals surface area (Å²) in [6.07, 6.45) is 0.157. The van der Waals surface area contributed by atoms with E-state index in [1.807, 2.05) is 0 Å². The number of pyridine rings is 1. The van der Waals surface area contributed by atoms with Crippen molar-refractivity contribution in [2.75, 3.05) is 45.4 Å². The van der Waals surface area contributed by atoms with Crippen molar-refractivity contribution in [3.8, 4) is 5.75 Å². The Morgan fingerprint density at radius 1 is 1.40 bits per heavy atom. The van der Waals surface area contributed by atoms with Gasteiger partial charge in [0.1, 0.15) is 17.4 Å². The number of methoxy groups -OCH3 is 2. The van der Waals surface area contributed by atoms with Crippen molar-refractivity contribution in [2.24, 2.45) is 0 Å². The zero-order valence-corrected chi connectivity index (χ0v) is 16.7. The molecule has 1 saturated heterocycles. The molecule has 0 spiro atoms. The van der Waals surface area contributed by atoms with Gasteiger partial charge in [0.15, 0.2) is 11.6 Å². The third-order valence-electron chi connectivity index (χ3n) is 5.61. The van der Waals surface area contributed by atoms with Crippen LogP contribution in [0.25, 0.3) is 10.9 Å². The minimum Gasteiger partial charge on any atom is -0.492 e. The fourth-order valence-corrected chi connectivity index (χ4v) is 4.13. The lowest BCUT2D eigenvalue weighted by atomic mass is 10.1. The van der Waals surface area contributed by atoms with E-state index >= 15 is 4.39 Å². The summed E-state index contributed by atoms with van der Waals surface area (Å²) in [7, 11) is 2.94. The third-order valence-corrected chi connectivity index (χ3v) is 5.61. The number of anilines is 1. The van der Waals surface area contributed by atoms with Gasteiger partial charge < -0.3 is 29.4 Å². The molecule has 30 heavy (non-hydrogen) atoms. The molecular formula is C20H23F2N3O5. The van der Waals surface area contributed by atoms with Crippen molar-refractivity contribution >= 4 is 22.6 Å². The molecule has 2 fully saturated rings. The summed E-state index contributed by atoms with van der Waals surface area (Å²) >= 11 is 0. The molecule has 1 aromatic heterocycles. The molecule has 10 heteroatoms. The number of hydrogen-bond acceptors (Lipinski definition) is 6. The van der Waals surface area contributed by atoms with Crippen LogP contribution in [0.3, 0.4) is 0 Å². The van der Waals surface area contributed by atoms with Gasteiger partial charge in [-0.15, -0.1) is 0 Å². The van der Waals surface area contributed by atoms with E-state index in [1.165, 1.54) is 11.7 Å². The maximum atomic E-state index is 15.3. The maximum absolute atomic E-state index is 15.3. The second kappa shape index (κ2) is 7.84. The second-order valence-electron chi connectivity index (χ2n) is 7.59. The first kappa shape index (κ1) is 20.5. The molecule has 4 rings (SSSR count). The number of nitrogens with one attached hydrogen (secondary N) is 1. The SMILES string of the molecule is COCC1CN(c2c(F)cc3c(=O)c(C(=O)O)cn(C4CC4F)c3c2OC)CCN1. The Bertz CT molecular complexity index is 1060. The lowest BCUT2D eigenvalue weighted by molar-refractivity contribution is 0.0694. The average molecular weight is 423 g/mol. The molecule has 0 radical (unpaired) electrons. The Labute approximate surface area is 171 Å². The molecule has 1 saturated carbocycles. The van der Waals surface area contributed by atoms with Gasteiger partial charge in [0.25, 0.3) is 0 Å². The van der Waals surface area contributed by atoms with Crippen molar-refractivity contribution in [1.82, 2.24) is 9.88 Å². The van der Waals surface area contributed by atoms with E-state index in [1.54, 1.807) is 12.0 Å². The molecule has 2 aliphatic rings. The Morgan fingerprint density at radius 3 is 2.73 bits per heavy atom. The Kier molecular flexibility index (Phi) is 5.37. The van der Waals surface area contributed by atoms with E-state index in [2.05, 4.69) is 5.32 Å². The highest BCUT2D eigenvalue weighted by Gasteiger charge is 2.41. The van der Waals surface area contributed by atoms with Gasteiger partial charge in [-0.25, -0.2) is 13.6 Å². The van der Waals surface area contributed by atoms with Gasteiger partial charge in [0.2, 0.25) is 5.43 Å². The first-order valence-electron chi connectivity index (χ1n) is 9.67. The Hall–Kier alpha value is -2.72. The molecule has 1 aliphatic carbocycles. The molecular weight excluding hydrogens is 400 g/mol. The number of carboxylic acid groups (broad SMARTS) is 1. The number of piperazine rings is 1. The first-order valence-corrected chi connectivity index (χ1v) is 9.67. The van der Waals surface area contributed by atoms with Crippen LogP contribution in [0.2, 0.25) is 0 Å². The van der Waals surface area contributed by atoms with Crippen LogP contribution < -0.4 is 20.4 Å². The highest BCUT2D eigenvalue weighted by atomic mass is 19.1. The highest BCUT2D eigenvalue weighted by Crippen LogP contribution is 2.45. The topological polar surface area (TPSA) is 93.0 Å². The number of rotatable bonds is 6. The summed E-state index contributed by atoms with van der Waals surface area (Å²) in [4.78, 5) is 26.1. The number of benzene rings is 1. The number of nitrogens with zero attached hydrogens (tertiary/aromatic N) is 2. The minimum absolute atomic E-state index is 0.0289. The van der Waals surface area contributed by atoms with Gasteiger partial charge in [-0.2, -0.15) is 0 Å². The van der Waals surface area contributed by atoms with Crippen LogP contribution in [-0.4, -0.2) is 68.3 Å². The Balaban J connectivity index is 1.95. The van der Waals surface area contributed by atoms with Crippen LogP contribution in [0.15, 0.2) is 17.1 Å². The van der Waals surface area contributed by atoms with Crippen LogP contribution in [-0.2, 0) is 4.74 Å². The van der Waals surface area contributed by atoms with E-state index in [-0.39, 0.29) is 34.8 Å². The smallest absolute Gasteiger partial charge is 0.341 e. The number of carboxylic acids is 1. The monoisotopic (exact) mass is 423 g/mol. The van der Waals surface area contributed by atoms with Crippen molar-refractivity contribution < 1.29 is 28.2 Å². The number of aromatic nitrogens is 1. The molecule has 2 N–H and O–H groups in total. The summed E-state index contributed by atoms with van der Waals surface area (Å²) < 4.78 is 41.3. The number of halogens is 2. The number of fused-ring (bicyclic) bond motifs is 1. The molecule has 3 atom stereocenters. The van der Waals surface area contributed by atoms with E-state index in [9.17, 15) is 19.1 Å². The predicted octanol–water partition coefficient (Wildman–Crippen LogP) is 1.55. The molecule has 0 bridgehead atoms. The van der Waals surface area contributed by atoms with E-state index < -0.39 is 35.0 Å². The summed E-state index contributed by atoms with van der Waals surface area (Å²) in [6.45, 7) is 1.96. The average Bonchev–Trinajstić information content (AvgIpc) is 3.44. The quantitative estimate of drug-likeness (QED) is 0.728. The number of hydrogen-bond donors (Lipinski definition) is 2. The normalized spacial score (nSPS) is 23.6. The summed E-state index contributed by atoms with van der Waals surface area (Å²) in [5.41, 5.74) is -0.986. The summed E-state index contributed by atoms with van der Waals surface area (Å²) in [5.74, 6) is -2.05. The van der Waals surface area contributed by atoms with Crippen molar-refractivity contribution in [3.63, 3.8) is 0 Å². The van der Waals surface area contributed by atoms with E-state index in [0.717, 1.165) is 12.3 Å². The lowest BCUT2D eigenvalue weighted by Gasteiger charge is -2.36. The predicted molar refractivity (Wildman–Crippen MR) is 106 cm³/mol. The van der Waals surface area contributed by atoms with Gasteiger partial charge in [-0.05, 0) is 6.07 Å². The molecule has 1 aliphatic heterocycles. The van der Waals surface area contributed by atoms with Crippen LogP contribution in [0, 0.1) is 5.82 Å². The first-order chi connectivity index (χ1) is 14.4. The molecule has 2 aromatic rings. The zero-order valence-electron chi connectivity index (χ0n) is 16.7. The molecule has 2 heterocycles. The number of aromatic carboxylic acids is 1. The minimum atomic E-state index is -1.44. The van der Waals surface area contributed by atoms with Crippen molar-refractivity contribution in [2.45, 2.75) is 24.7 Å². The van der Waals surface area contributed by atoms with Gasteiger partial charge in [0.05, 0.1) is 30.7 Å². The third kappa shape index (κ3) is 3.39. The van der Waals surface area contributed by atoms with Gasteiger partial charge >= 0.3 is 5.97 Å². The van der Waals surface area contributed by atoms with Crippen LogP contribution in [0.4, 0.5) is 14.5 Å². The largest absolute Gasteiger partial charge is 0.492 e. The highest BCUT2D eigenvalue weighted by molar-refractivity contribution is 5.97. The van der Waals surface area contributed by atoms with Crippen LogP contribution in [0.5, 0.6) is 5.75 Å². The summed E-state index contributed by atoms with van der Waals surface area (Å²) in [6, 6.07) is 0.378. The lowest BCUT2D eigenvalue weighted by Crippen LogP contribution is -2.53. The number of carbonyl (C=O) groups is 1. The maximum Gasteiger partial charge on any atom is 0.341 e. The van der Waals surface area contributed by atoms with Gasteiger partial charge in [-0.1, -0.05) is 0 Å². The van der Waals surface area contributed by atoms with Gasteiger partial charge in [0, 0.05) is 45.4 Å². The summed E-state index contributed by atoms with van der Waals surface area (Å²) in [5, 5.41) is 12.5. The van der Waals surface area contributed by atoms with Crippen molar-refractivity contribution in [1.29, 1.82) is 0 Å². The van der Waals surface area contributed by atoms with Crippen LogP contribution >= 0.6 is 0 Å². The molecule has 0 amide bonds. The molecule has 8 nitrogen and oxygen atoms in total. The zero-order chi connectivity index (χ0) is 21.6. The second-order valence-corrected chi connectivity index (χ2v) is 7.59. The molecule has 3 unspecified atom stereocenters. The van der Waals surface area contributed by atoms with E-state index in [0.29, 0.717) is 26.2 Å². The Morgan fingerprint density at radius 2 is 2.13 bits per heavy atom. The fraction of sp³-hybridized carbons (Fsp3) is 0.500. The fourth-order valence-electron chi connectivity index (χ4n) is 4.13.